The Bertz CT molecular complexity index is 1410. The zero-order valence-corrected chi connectivity index (χ0v) is 27.0. The second-order valence-electron chi connectivity index (χ2n) is 14.0. The Morgan fingerprint density at radius 2 is 1.49 bits per heavy atom. The summed E-state index contributed by atoms with van der Waals surface area (Å²) < 4.78 is 17.8. The molecule has 0 spiro atoms. The van der Waals surface area contributed by atoms with E-state index in [-0.39, 0.29) is 22.4 Å². The van der Waals surface area contributed by atoms with Gasteiger partial charge in [0.25, 0.3) is 0 Å². The zero-order chi connectivity index (χ0) is 30.9. The molecule has 0 radical (unpaired) electrons. The van der Waals surface area contributed by atoms with Crippen molar-refractivity contribution in [2.24, 2.45) is 10.8 Å². The van der Waals surface area contributed by atoms with E-state index in [0.717, 1.165) is 59.5 Å². The van der Waals surface area contributed by atoms with Crippen LogP contribution in [0.1, 0.15) is 89.3 Å². The van der Waals surface area contributed by atoms with Gasteiger partial charge in [0, 0.05) is 61.6 Å². The third-order valence-electron chi connectivity index (χ3n) is 8.83. The molecule has 0 saturated carbocycles. The minimum absolute atomic E-state index is 0.134. The van der Waals surface area contributed by atoms with Crippen molar-refractivity contribution in [2.45, 2.75) is 86.2 Å². The molecule has 0 unspecified atom stereocenters. The molecule has 2 aromatic carbocycles. The summed E-state index contributed by atoms with van der Waals surface area (Å²) in [5.74, 6) is 1.14. The molecular weight excluding hydrogens is 538 g/mol. The Morgan fingerprint density at radius 3 is 2.07 bits per heavy atom. The monoisotopic (exact) mass is 585 g/mol. The Hall–Kier alpha value is -3.38. The number of hydrogen-bond donors (Lipinski definition) is 0. The van der Waals surface area contributed by atoms with Crippen LogP contribution in [0.4, 0.5) is 0 Å². The highest BCUT2D eigenvalue weighted by molar-refractivity contribution is 6.06. The van der Waals surface area contributed by atoms with E-state index in [1.54, 1.807) is 7.11 Å². The third-order valence-corrected chi connectivity index (χ3v) is 8.83. The number of ether oxygens (including phenoxy) is 3. The molecule has 0 fully saturated rings. The number of ketones is 2. The van der Waals surface area contributed by atoms with Gasteiger partial charge in [-0.25, -0.2) is 0 Å². The standard InChI is InChI=1S/C37H47NO5/c1-8-42-32-18-26(13-14-31(32)43-23-25-12-9-11-24(2)17-25)33-34-27(19-36(3,4)21-29(34)39)38(15-10-16-41-7)28-20-37(5,6)22-30(40)35(28)33/h9,11-14,17-18,33H,8,10,15-16,19-23H2,1-7H3. The van der Waals surface area contributed by atoms with E-state index >= 15 is 0 Å². The van der Waals surface area contributed by atoms with Gasteiger partial charge in [0.1, 0.15) is 6.61 Å². The lowest BCUT2D eigenvalue weighted by atomic mass is 9.63. The summed E-state index contributed by atoms with van der Waals surface area (Å²) in [6.07, 6.45) is 3.33. The van der Waals surface area contributed by atoms with E-state index in [0.29, 0.717) is 44.2 Å². The number of carbonyl (C=O) groups is 2. The van der Waals surface area contributed by atoms with Crippen LogP contribution in [-0.2, 0) is 20.9 Å². The molecule has 1 aliphatic heterocycles. The maximum atomic E-state index is 14.1. The molecule has 0 saturated heterocycles. The van der Waals surface area contributed by atoms with E-state index in [4.69, 9.17) is 14.2 Å². The number of Topliss-reactive ketones (excluding diaryl/α,β-unsaturated/α-hetero) is 2. The van der Waals surface area contributed by atoms with Crippen molar-refractivity contribution in [2.75, 3.05) is 26.9 Å². The predicted octanol–water partition coefficient (Wildman–Crippen LogP) is 7.69. The molecule has 2 aliphatic carbocycles. The van der Waals surface area contributed by atoms with Crippen molar-refractivity contribution < 1.29 is 23.8 Å². The first-order chi connectivity index (χ1) is 20.4. The number of benzene rings is 2. The highest BCUT2D eigenvalue weighted by atomic mass is 16.5. The number of carbonyl (C=O) groups excluding carboxylic acids is 2. The smallest absolute Gasteiger partial charge is 0.162 e. The first kappa shape index (κ1) is 31.1. The van der Waals surface area contributed by atoms with Crippen LogP contribution in [0.25, 0.3) is 0 Å². The number of rotatable bonds is 10. The van der Waals surface area contributed by atoms with Crippen LogP contribution in [0.3, 0.4) is 0 Å². The van der Waals surface area contributed by atoms with Gasteiger partial charge in [-0.15, -0.1) is 0 Å². The SMILES string of the molecule is CCOc1cc(C2C3=C(CC(C)(C)CC3=O)N(CCCOC)C3=C2C(=O)CC(C)(C)C3)ccc1OCc1cccc(C)c1. The molecule has 6 heteroatoms. The van der Waals surface area contributed by atoms with Crippen molar-refractivity contribution in [3.8, 4) is 11.5 Å². The molecule has 0 bridgehead atoms. The summed E-state index contributed by atoms with van der Waals surface area (Å²) >= 11 is 0. The Balaban J connectivity index is 1.62. The van der Waals surface area contributed by atoms with E-state index in [9.17, 15) is 9.59 Å². The highest BCUT2D eigenvalue weighted by Crippen LogP contribution is 2.55. The van der Waals surface area contributed by atoms with Crippen LogP contribution >= 0.6 is 0 Å². The molecule has 43 heavy (non-hydrogen) atoms. The second kappa shape index (κ2) is 12.3. The summed E-state index contributed by atoms with van der Waals surface area (Å²) in [6.45, 7) is 15.0. The first-order valence-electron chi connectivity index (χ1n) is 15.7. The minimum atomic E-state index is -0.416. The van der Waals surface area contributed by atoms with Gasteiger partial charge in [-0.3, -0.25) is 9.59 Å². The van der Waals surface area contributed by atoms with Gasteiger partial charge < -0.3 is 19.1 Å². The van der Waals surface area contributed by atoms with E-state index < -0.39 is 5.92 Å². The van der Waals surface area contributed by atoms with Crippen molar-refractivity contribution in [3.05, 3.63) is 81.7 Å². The third kappa shape index (κ3) is 6.59. The Labute approximate surface area is 257 Å². The molecule has 5 rings (SSSR count). The Morgan fingerprint density at radius 1 is 0.837 bits per heavy atom. The van der Waals surface area contributed by atoms with Crippen molar-refractivity contribution in [1.29, 1.82) is 0 Å². The van der Waals surface area contributed by atoms with Crippen molar-refractivity contribution in [1.82, 2.24) is 4.90 Å². The van der Waals surface area contributed by atoms with Crippen LogP contribution in [0.2, 0.25) is 0 Å². The average Bonchev–Trinajstić information content (AvgIpc) is 2.91. The van der Waals surface area contributed by atoms with E-state index in [1.165, 1.54) is 5.56 Å². The van der Waals surface area contributed by atoms with Crippen LogP contribution < -0.4 is 9.47 Å². The quantitative estimate of drug-likeness (QED) is 0.266. The predicted molar refractivity (Wildman–Crippen MR) is 169 cm³/mol. The summed E-state index contributed by atoms with van der Waals surface area (Å²) in [5, 5.41) is 0. The van der Waals surface area contributed by atoms with E-state index in [1.807, 2.05) is 31.2 Å². The minimum Gasteiger partial charge on any atom is -0.490 e. The molecular formula is C37H47NO5. The van der Waals surface area contributed by atoms with Crippen LogP contribution in [0.5, 0.6) is 11.5 Å². The molecule has 1 heterocycles. The maximum absolute atomic E-state index is 14.1. The van der Waals surface area contributed by atoms with Crippen molar-refractivity contribution >= 4 is 11.6 Å². The number of hydrogen-bond acceptors (Lipinski definition) is 6. The molecule has 0 atom stereocenters. The Kier molecular flexibility index (Phi) is 8.89. The molecule has 6 nitrogen and oxygen atoms in total. The molecule has 2 aromatic rings. The topological polar surface area (TPSA) is 65.1 Å². The van der Waals surface area contributed by atoms with Gasteiger partial charge in [0.2, 0.25) is 0 Å². The van der Waals surface area contributed by atoms with Gasteiger partial charge in [-0.1, -0.05) is 63.6 Å². The fourth-order valence-electron chi connectivity index (χ4n) is 7.07. The van der Waals surface area contributed by atoms with Gasteiger partial charge in [-0.05, 0) is 67.2 Å². The van der Waals surface area contributed by atoms with Crippen LogP contribution in [-0.4, -0.2) is 43.3 Å². The van der Waals surface area contributed by atoms with Gasteiger partial charge >= 0.3 is 0 Å². The molecule has 3 aliphatic rings. The van der Waals surface area contributed by atoms with Crippen molar-refractivity contribution in [3.63, 3.8) is 0 Å². The number of methoxy groups -OCH3 is 1. The molecule has 230 valence electrons. The maximum Gasteiger partial charge on any atom is 0.162 e. The lowest BCUT2D eigenvalue weighted by molar-refractivity contribution is -0.119. The fraction of sp³-hybridized carbons (Fsp3) is 0.514. The fourth-order valence-corrected chi connectivity index (χ4v) is 7.07. The molecule has 0 aromatic heterocycles. The van der Waals surface area contributed by atoms with Crippen LogP contribution in [0, 0.1) is 17.8 Å². The lowest BCUT2D eigenvalue weighted by Crippen LogP contribution is -2.44. The van der Waals surface area contributed by atoms with Gasteiger partial charge in [-0.2, -0.15) is 0 Å². The summed E-state index contributed by atoms with van der Waals surface area (Å²) in [5.41, 5.74) is 6.56. The number of allylic oxidation sites excluding steroid dienone is 4. The zero-order valence-electron chi connectivity index (χ0n) is 27.0. The molecule has 0 N–H and O–H groups in total. The number of aryl methyl sites for hydroxylation is 1. The highest BCUT2D eigenvalue weighted by Gasteiger charge is 2.49. The summed E-state index contributed by atoms with van der Waals surface area (Å²) in [7, 11) is 1.71. The second-order valence-corrected chi connectivity index (χ2v) is 14.0. The largest absolute Gasteiger partial charge is 0.490 e. The first-order valence-corrected chi connectivity index (χ1v) is 15.7. The normalized spacial score (nSPS) is 19.8. The average molecular weight is 586 g/mol. The number of nitrogens with zero attached hydrogens (tertiary/aromatic N) is 1. The lowest BCUT2D eigenvalue weighted by Gasteiger charge is -2.49. The van der Waals surface area contributed by atoms with Gasteiger partial charge in [0.15, 0.2) is 23.1 Å². The summed E-state index contributed by atoms with van der Waals surface area (Å²) in [4.78, 5) is 30.5. The van der Waals surface area contributed by atoms with E-state index in [2.05, 4.69) is 57.7 Å². The summed E-state index contributed by atoms with van der Waals surface area (Å²) in [6, 6.07) is 14.2. The van der Waals surface area contributed by atoms with Crippen LogP contribution in [0.15, 0.2) is 65.0 Å². The molecule has 0 amide bonds. The van der Waals surface area contributed by atoms with Gasteiger partial charge in [0.05, 0.1) is 6.61 Å².